The Hall–Kier alpha value is -2.91. The predicted molar refractivity (Wildman–Crippen MR) is 110 cm³/mol. The Morgan fingerprint density at radius 2 is 1.56 bits per heavy atom. The van der Waals surface area contributed by atoms with E-state index in [4.69, 9.17) is 4.98 Å². The fourth-order valence-corrected chi connectivity index (χ4v) is 3.43. The number of aryl methyl sites for hydroxylation is 3. The number of imidazole rings is 1. The van der Waals surface area contributed by atoms with Gasteiger partial charge in [0, 0.05) is 6.54 Å². The van der Waals surface area contributed by atoms with Crippen molar-refractivity contribution in [3.05, 3.63) is 100 Å². The summed E-state index contributed by atoms with van der Waals surface area (Å²) in [7, 11) is 0. The molecule has 0 saturated carbocycles. The zero-order valence-electron chi connectivity index (χ0n) is 16.0. The summed E-state index contributed by atoms with van der Waals surface area (Å²) < 4.78 is 2.14. The Morgan fingerprint density at radius 1 is 0.889 bits per heavy atom. The van der Waals surface area contributed by atoms with Crippen LogP contribution in [0.15, 0.2) is 66.7 Å². The van der Waals surface area contributed by atoms with Gasteiger partial charge in [0.05, 0.1) is 11.0 Å². The monoisotopic (exact) mass is 356 g/mol. The van der Waals surface area contributed by atoms with Crippen LogP contribution in [0.2, 0.25) is 0 Å². The summed E-state index contributed by atoms with van der Waals surface area (Å²) in [6.07, 6.45) is -0.760. The normalized spacial score (nSPS) is 12.4. The molecule has 1 aromatic heterocycles. The zero-order valence-corrected chi connectivity index (χ0v) is 16.0. The van der Waals surface area contributed by atoms with E-state index < -0.39 is 6.10 Å². The molecule has 0 radical (unpaired) electrons. The van der Waals surface area contributed by atoms with Crippen molar-refractivity contribution in [3.8, 4) is 0 Å². The van der Waals surface area contributed by atoms with Gasteiger partial charge in [-0.1, -0.05) is 60.2 Å². The Morgan fingerprint density at radius 3 is 2.26 bits per heavy atom. The molecule has 136 valence electrons. The van der Waals surface area contributed by atoms with E-state index in [0.29, 0.717) is 12.4 Å². The standard InChI is InChI=1S/C24H24N2O/c1-16-9-11-19(12-10-16)15-26-22-14-18(3)17(2)13-21(22)25-24(26)23(27)20-7-5-4-6-8-20/h4-14,23,27H,15H2,1-3H3. The SMILES string of the molecule is Cc1ccc(Cn2c(C(O)c3ccccc3)nc3cc(C)c(C)cc32)cc1. The van der Waals surface area contributed by atoms with Crippen LogP contribution in [0.25, 0.3) is 11.0 Å². The number of rotatable bonds is 4. The third-order valence-electron chi connectivity index (χ3n) is 5.21. The van der Waals surface area contributed by atoms with Crippen LogP contribution in [0.1, 0.15) is 39.7 Å². The molecule has 0 saturated heterocycles. The van der Waals surface area contributed by atoms with Crippen LogP contribution in [0.4, 0.5) is 0 Å². The Balaban J connectivity index is 1.87. The molecule has 1 atom stereocenters. The van der Waals surface area contributed by atoms with E-state index in [0.717, 1.165) is 16.6 Å². The first kappa shape index (κ1) is 17.5. The van der Waals surface area contributed by atoms with Gasteiger partial charge in [0.1, 0.15) is 11.9 Å². The van der Waals surface area contributed by atoms with E-state index in [9.17, 15) is 5.11 Å². The molecule has 4 aromatic rings. The lowest BCUT2D eigenvalue weighted by atomic mass is 10.1. The number of aliphatic hydroxyl groups excluding tert-OH is 1. The minimum Gasteiger partial charge on any atom is -0.380 e. The first-order chi connectivity index (χ1) is 13.0. The van der Waals surface area contributed by atoms with Crippen molar-refractivity contribution in [3.63, 3.8) is 0 Å². The van der Waals surface area contributed by atoms with E-state index in [1.807, 2.05) is 30.3 Å². The molecule has 27 heavy (non-hydrogen) atoms. The molecule has 0 aliphatic carbocycles. The highest BCUT2D eigenvalue weighted by atomic mass is 16.3. The molecule has 0 aliphatic rings. The smallest absolute Gasteiger partial charge is 0.143 e. The summed E-state index contributed by atoms with van der Waals surface area (Å²) in [6.45, 7) is 6.98. The van der Waals surface area contributed by atoms with Crippen LogP contribution in [0.5, 0.6) is 0 Å². The number of fused-ring (bicyclic) bond motifs is 1. The maximum atomic E-state index is 11.1. The van der Waals surface area contributed by atoms with Gasteiger partial charge in [0.25, 0.3) is 0 Å². The van der Waals surface area contributed by atoms with Crippen LogP contribution < -0.4 is 0 Å². The second-order valence-electron chi connectivity index (χ2n) is 7.28. The number of hydrogen-bond acceptors (Lipinski definition) is 2. The fourth-order valence-electron chi connectivity index (χ4n) is 3.43. The van der Waals surface area contributed by atoms with Gasteiger partial charge in [0.15, 0.2) is 0 Å². The van der Waals surface area contributed by atoms with Gasteiger partial charge in [-0.3, -0.25) is 0 Å². The van der Waals surface area contributed by atoms with Crippen molar-refractivity contribution >= 4 is 11.0 Å². The Kier molecular flexibility index (Phi) is 4.54. The molecule has 0 spiro atoms. The van der Waals surface area contributed by atoms with Crippen molar-refractivity contribution in [2.45, 2.75) is 33.4 Å². The van der Waals surface area contributed by atoms with Crippen LogP contribution in [0, 0.1) is 20.8 Å². The fraction of sp³-hybridized carbons (Fsp3) is 0.208. The largest absolute Gasteiger partial charge is 0.380 e. The van der Waals surface area contributed by atoms with E-state index in [-0.39, 0.29) is 0 Å². The third kappa shape index (κ3) is 3.38. The van der Waals surface area contributed by atoms with Crippen molar-refractivity contribution in [2.75, 3.05) is 0 Å². The van der Waals surface area contributed by atoms with Gasteiger partial charge in [-0.25, -0.2) is 4.98 Å². The average molecular weight is 356 g/mol. The maximum Gasteiger partial charge on any atom is 0.143 e. The molecule has 1 heterocycles. The lowest BCUT2D eigenvalue weighted by Crippen LogP contribution is -2.11. The quantitative estimate of drug-likeness (QED) is 0.553. The minimum absolute atomic E-state index is 0.679. The topological polar surface area (TPSA) is 38.0 Å². The molecule has 3 aromatic carbocycles. The molecule has 3 nitrogen and oxygen atoms in total. The highest BCUT2D eigenvalue weighted by Crippen LogP contribution is 2.28. The summed E-state index contributed by atoms with van der Waals surface area (Å²) in [6, 6.07) is 22.5. The lowest BCUT2D eigenvalue weighted by molar-refractivity contribution is 0.206. The van der Waals surface area contributed by atoms with Gasteiger partial charge in [-0.2, -0.15) is 0 Å². The number of aromatic nitrogens is 2. The molecule has 0 fully saturated rings. The summed E-state index contributed by atoms with van der Waals surface area (Å²) in [5, 5.41) is 11.1. The van der Waals surface area contributed by atoms with Crippen LogP contribution in [-0.2, 0) is 6.54 Å². The van der Waals surface area contributed by atoms with E-state index in [1.54, 1.807) is 0 Å². The molecule has 0 aliphatic heterocycles. The van der Waals surface area contributed by atoms with E-state index in [2.05, 4.69) is 61.7 Å². The highest BCUT2D eigenvalue weighted by molar-refractivity contribution is 5.78. The Labute approximate surface area is 159 Å². The van der Waals surface area contributed by atoms with Gasteiger partial charge < -0.3 is 9.67 Å². The van der Waals surface area contributed by atoms with Gasteiger partial charge >= 0.3 is 0 Å². The van der Waals surface area contributed by atoms with E-state index in [1.165, 1.54) is 22.3 Å². The summed E-state index contributed by atoms with van der Waals surface area (Å²) in [5.74, 6) is 0.682. The summed E-state index contributed by atoms with van der Waals surface area (Å²) >= 11 is 0. The van der Waals surface area contributed by atoms with Gasteiger partial charge in [-0.15, -0.1) is 0 Å². The highest BCUT2D eigenvalue weighted by Gasteiger charge is 2.20. The molecular weight excluding hydrogens is 332 g/mol. The molecule has 4 rings (SSSR count). The first-order valence-electron chi connectivity index (χ1n) is 9.29. The number of benzene rings is 3. The number of aliphatic hydroxyl groups is 1. The molecular formula is C24H24N2O. The summed E-state index contributed by atoms with van der Waals surface area (Å²) in [5.41, 5.74) is 7.71. The molecule has 1 unspecified atom stereocenters. The number of nitrogens with zero attached hydrogens (tertiary/aromatic N) is 2. The first-order valence-corrected chi connectivity index (χ1v) is 9.29. The van der Waals surface area contributed by atoms with Crippen molar-refractivity contribution in [1.29, 1.82) is 0 Å². The maximum absolute atomic E-state index is 11.1. The van der Waals surface area contributed by atoms with Gasteiger partial charge in [-0.05, 0) is 55.2 Å². The van der Waals surface area contributed by atoms with Crippen LogP contribution in [-0.4, -0.2) is 14.7 Å². The molecule has 0 bridgehead atoms. The van der Waals surface area contributed by atoms with Crippen molar-refractivity contribution in [2.24, 2.45) is 0 Å². The van der Waals surface area contributed by atoms with Gasteiger partial charge in [0.2, 0.25) is 0 Å². The Bertz CT molecular complexity index is 1080. The second-order valence-corrected chi connectivity index (χ2v) is 7.28. The van der Waals surface area contributed by atoms with Crippen LogP contribution in [0.3, 0.4) is 0 Å². The molecule has 3 heteroatoms. The number of hydrogen-bond donors (Lipinski definition) is 1. The predicted octanol–water partition coefficient (Wildman–Crippen LogP) is 5.09. The van der Waals surface area contributed by atoms with Crippen molar-refractivity contribution < 1.29 is 5.11 Å². The molecule has 1 N–H and O–H groups in total. The average Bonchev–Trinajstić information content (AvgIpc) is 3.01. The zero-order chi connectivity index (χ0) is 19.0. The van der Waals surface area contributed by atoms with Crippen molar-refractivity contribution in [1.82, 2.24) is 9.55 Å². The summed E-state index contributed by atoms with van der Waals surface area (Å²) in [4.78, 5) is 4.82. The van der Waals surface area contributed by atoms with Crippen LogP contribution >= 0.6 is 0 Å². The minimum atomic E-state index is -0.760. The third-order valence-corrected chi connectivity index (χ3v) is 5.21. The molecule has 0 amide bonds. The second kappa shape index (κ2) is 7.01. The van der Waals surface area contributed by atoms with E-state index >= 15 is 0 Å². The lowest BCUT2D eigenvalue weighted by Gasteiger charge is -2.15.